The average molecular weight is 340 g/mol. The van der Waals surface area contributed by atoms with Gasteiger partial charge in [-0.25, -0.2) is 0 Å². The first kappa shape index (κ1) is 19.2. The van der Waals surface area contributed by atoms with Gasteiger partial charge >= 0.3 is 0 Å². The van der Waals surface area contributed by atoms with Gasteiger partial charge in [0.25, 0.3) is 0 Å². The molecule has 0 radical (unpaired) electrons. The van der Waals surface area contributed by atoms with Crippen LogP contribution in [0, 0.1) is 0 Å². The molecule has 3 heteroatoms. The molecular weight excluding hydrogens is 312 g/mol. The number of hydrogen-bond donors (Lipinski definition) is 0. The maximum absolute atomic E-state index is 12.4. The molecule has 0 aliphatic heterocycles. The van der Waals surface area contributed by atoms with Crippen molar-refractivity contribution in [3.63, 3.8) is 0 Å². The van der Waals surface area contributed by atoms with Crippen molar-refractivity contribution in [2.75, 3.05) is 13.7 Å². The molecule has 1 unspecified atom stereocenters. The maximum Gasteiger partial charge on any atom is 0.162 e. The van der Waals surface area contributed by atoms with Crippen LogP contribution in [0.4, 0.5) is 0 Å². The van der Waals surface area contributed by atoms with Gasteiger partial charge in [-0.1, -0.05) is 38.1 Å². The summed E-state index contributed by atoms with van der Waals surface area (Å²) in [4.78, 5) is 12.4. The quantitative estimate of drug-likeness (QED) is 0.561. The van der Waals surface area contributed by atoms with Crippen molar-refractivity contribution in [1.29, 1.82) is 0 Å². The SMILES string of the molecule is CCOC(CCC(=O)c1ccc(OC)cc1)c1ccc(C(C)C)cc1. The van der Waals surface area contributed by atoms with Crippen LogP contribution >= 0.6 is 0 Å². The van der Waals surface area contributed by atoms with Gasteiger partial charge in [-0.3, -0.25) is 4.79 Å². The number of hydrogen-bond acceptors (Lipinski definition) is 3. The Labute approximate surface area is 151 Å². The van der Waals surface area contributed by atoms with E-state index >= 15 is 0 Å². The minimum atomic E-state index is -0.0478. The van der Waals surface area contributed by atoms with Crippen LogP contribution < -0.4 is 4.74 Å². The number of rotatable bonds is 9. The second-order valence-electron chi connectivity index (χ2n) is 6.46. The first-order valence-corrected chi connectivity index (χ1v) is 8.93. The number of methoxy groups -OCH3 is 1. The van der Waals surface area contributed by atoms with Crippen molar-refractivity contribution >= 4 is 5.78 Å². The molecule has 0 aromatic heterocycles. The molecule has 0 aliphatic carbocycles. The minimum Gasteiger partial charge on any atom is -0.497 e. The Kier molecular flexibility index (Phi) is 7.20. The van der Waals surface area contributed by atoms with Gasteiger partial charge in [0.05, 0.1) is 13.2 Å². The molecule has 2 rings (SSSR count). The van der Waals surface area contributed by atoms with Crippen LogP contribution in [0.15, 0.2) is 48.5 Å². The fourth-order valence-corrected chi connectivity index (χ4v) is 2.83. The lowest BCUT2D eigenvalue weighted by Gasteiger charge is -2.18. The van der Waals surface area contributed by atoms with E-state index in [1.807, 2.05) is 31.2 Å². The molecule has 3 nitrogen and oxygen atoms in total. The number of Topliss-reactive ketones (excluding diaryl/α,β-unsaturated/α-hetero) is 1. The van der Waals surface area contributed by atoms with E-state index in [4.69, 9.17) is 9.47 Å². The molecule has 0 amide bonds. The Balaban J connectivity index is 2.01. The average Bonchev–Trinajstić information content (AvgIpc) is 2.65. The van der Waals surface area contributed by atoms with Crippen LogP contribution in [0.5, 0.6) is 5.75 Å². The molecule has 25 heavy (non-hydrogen) atoms. The van der Waals surface area contributed by atoms with Crippen molar-refractivity contribution in [3.05, 3.63) is 65.2 Å². The highest BCUT2D eigenvalue weighted by atomic mass is 16.5. The lowest BCUT2D eigenvalue weighted by Crippen LogP contribution is -2.08. The third-order valence-corrected chi connectivity index (χ3v) is 4.39. The predicted molar refractivity (Wildman–Crippen MR) is 101 cm³/mol. The third-order valence-electron chi connectivity index (χ3n) is 4.39. The third kappa shape index (κ3) is 5.43. The standard InChI is InChI=1S/C22H28O3/c1-5-25-22(19-8-6-17(7-9-19)16(2)3)15-14-21(23)18-10-12-20(24-4)13-11-18/h6-13,16,22H,5,14-15H2,1-4H3. The monoisotopic (exact) mass is 340 g/mol. The summed E-state index contributed by atoms with van der Waals surface area (Å²) in [5, 5.41) is 0. The molecule has 0 spiro atoms. The van der Waals surface area contributed by atoms with Crippen LogP contribution in [-0.2, 0) is 4.74 Å². The Bertz CT molecular complexity index is 657. The highest BCUT2D eigenvalue weighted by Gasteiger charge is 2.15. The molecule has 0 saturated carbocycles. The van der Waals surface area contributed by atoms with Crippen LogP contribution in [0.2, 0.25) is 0 Å². The van der Waals surface area contributed by atoms with Crippen LogP contribution in [0.3, 0.4) is 0 Å². The molecular formula is C22H28O3. The number of ketones is 1. The van der Waals surface area contributed by atoms with Gasteiger partial charge in [0.2, 0.25) is 0 Å². The molecule has 0 N–H and O–H groups in total. The summed E-state index contributed by atoms with van der Waals surface area (Å²) < 4.78 is 11.0. The van der Waals surface area contributed by atoms with Crippen molar-refractivity contribution in [2.24, 2.45) is 0 Å². The molecule has 0 aliphatic rings. The lowest BCUT2D eigenvalue weighted by atomic mass is 9.97. The van der Waals surface area contributed by atoms with Gasteiger partial charge < -0.3 is 9.47 Å². The number of benzene rings is 2. The van der Waals surface area contributed by atoms with Crippen LogP contribution in [0.25, 0.3) is 0 Å². The van der Waals surface area contributed by atoms with E-state index in [2.05, 4.69) is 38.1 Å². The summed E-state index contributed by atoms with van der Waals surface area (Å²) in [6.45, 7) is 6.99. The lowest BCUT2D eigenvalue weighted by molar-refractivity contribution is 0.0527. The minimum absolute atomic E-state index is 0.0478. The van der Waals surface area contributed by atoms with E-state index in [-0.39, 0.29) is 11.9 Å². The van der Waals surface area contributed by atoms with E-state index in [0.717, 1.165) is 11.3 Å². The maximum atomic E-state index is 12.4. The molecule has 0 heterocycles. The summed E-state index contributed by atoms with van der Waals surface area (Å²) in [7, 11) is 1.62. The summed E-state index contributed by atoms with van der Waals surface area (Å²) in [5.74, 6) is 1.40. The fourth-order valence-electron chi connectivity index (χ4n) is 2.83. The molecule has 134 valence electrons. The molecule has 2 aromatic carbocycles. The molecule has 2 aromatic rings. The molecule has 0 saturated heterocycles. The smallest absolute Gasteiger partial charge is 0.162 e. The van der Waals surface area contributed by atoms with Crippen LogP contribution in [-0.4, -0.2) is 19.5 Å². The Morgan fingerprint density at radius 2 is 1.56 bits per heavy atom. The van der Waals surface area contributed by atoms with Crippen molar-refractivity contribution in [3.8, 4) is 5.75 Å². The normalized spacial score (nSPS) is 12.2. The van der Waals surface area contributed by atoms with E-state index in [1.165, 1.54) is 5.56 Å². The van der Waals surface area contributed by atoms with Gasteiger partial charge in [0.15, 0.2) is 5.78 Å². The highest BCUT2D eigenvalue weighted by Crippen LogP contribution is 2.26. The van der Waals surface area contributed by atoms with Crippen molar-refractivity contribution in [1.82, 2.24) is 0 Å². The summed E-state index contributed by atoms with van der Waals surface area (Å²) in [5.41, 5.74) is 3.16. The number of carbonyl (C=O) groups is 1. The van der Waals surface area contributed by atoms with Gasteiger partial charge in [0, 0.05) is 18.6 Å². The summed E-state index contributed by atoms with van der Waals surface area (Å²) >= 11 is 0. The largest absolute Gasteiger partial charge is 0.497 e. The Morgan fingerprint density at radius 3 is 2.08 bits per heavy atom. The highest BCUT2D eigenvalue weighted by molar-refractivity contribution is 5.96. The van der Waals surface area contributed by atoms with Crippen molar-refractivity contribution < 1.29 is 14.3 Å². The predicted octanol–water partition coefficient (Wildman–Crippen LogP) is 5.56. The first-order chi connectivity index (χ1) is 12.0. The Hall–Kier alpha value is -2.13. The summed E-state index contributed by atoms with van der Waals surface area (Å²) in [6, 6.07) is 15.8. The van der Waals surface area contributed by atoms with E-state index in [0.29, 0.717) is 30.9 Å². The van der Waals surface area contributed by atoms with E-state index in [9.17, 15) is 4.79 Å². The zero-order chi connectivity index (χ0) is 18.2. The van der Waals surface area contributed by atoms with Gasteiger partial charge in [0.1, 0.15) is 5.75 Å². The molecule has 0 bridgehead atoms. The van der Waals surface area contributed by atoms with Gasteiger partial charge in [-0.05, 0) is 54.7 Å². The zero-order valence-corrected chi connectivity index (χ0v) is 15.6. The summed E-state index contributed by atoms with van der Waals surface area (Å²) in [6.07, 6.45) is 1.09. The number of carbonyl (C=O) groups excluding carboxylic acids is 1. The zero-order valence-electron chi connectivity index (χ0n) is 15.6. The van der Waals surface area contributed by atoms with Gasteiger partial charge in [-0.15, -0.1) is 0 Å². The second-order valence-corrected chi connectivity index (χ2v) is 6.46. The van der Waals surface area contributed by atoms with Crippen LogP contribution in [0.1, 0.15) is 67.1 Å². The molecule has 1 atom stereocenters. The van der Waals surface area contributed by atoms with E-state index < -0.39 is 0 Å². The fraction of sp³-hybridized carbons (Fsp3) is 0.409. The Morgan fingerprint density at radius 1 is 0.960 bits per heavy atom. The van der Waals surface area contributed by atoms with Crippen molar-refractivity contribution in [2.45, 2.75) is 45.6 Å². The van der Waals surface area contributed by atoms with Gasteiger partial charge in [-0.2, -0.15) is 0 Å². The molecule has 0 fully saturated rings. The number of ether oxygens (including phenoxy) is 2. The second kappa shape index (κ2) is 9.38. The van der Waals surface area contributed by atoms with E-state index in [1.54, 1.807) is 7.11 Å². The first-order valence-electron chi connectivity index (χ1n) is 8.93. The topological polar surface area (TPSA) is 35.5 Å².